The van der Waals surface area contributed by atoms with Gasteiger partial charge in [0.15, 0.2) is 0 Å². The van der Waals surface area contributed by atoms with Gasteiger partial charge in [-0.3, -0.25) is 0 Å². The van der Waals surface area contributed by atoms with Crippen LogP contribution in [0.3, 0.4) is 0 Å². The van der Waals surface area contributed by atoms with Crippen molar-refractivity contribution in [3.05, 3.63) is 248 Å². The third-order valence-electron chi connectivity index (χ3n) is 13.2. The molecule has 0 saturated heterocycles. The number of nitrogens with zero attached hydrogens (tertiary/aromatic N) is 4. The molecule has 0 radical (unpaired) electrons. The van der Waals surface area contributed by atoms with Crippen LogP contribution in [0.2, 0.25) is 10.0 Å². The average molecular weight is 918 g/mol. The number of hydrogen-bond donors (Lipinski definition) is 2. The predicted molar refractivity (Wildman–Crippen MR) is 272 cm³/mol. The lowest BCUT2D eigenvalue weighted by molar-refractivity contribution is 0.0146. The second-order valence-electron chi connectivity index (χ2n) is 17.8. The van der Waals surface area contributed by atoms with Gasteiger partial charge in [-0.15, -0.1) is 0 Å². The van der Waals surface area contributed by atoms with Gasteiger partial charge in [0.05, 0.1) is 18.3 Å². The van der Waals surface area contributed by atoms with Gasteiger partial charge in [-0.25, -0.2) is 9.97 Å². The molecule has 6 aromatic carbocycles. The van der Waals surface area contributed by atoms with Crippen molar-refractivity contribution >= 4 is 23.2 Å². The lowest BCUT2D eigenvalue weighted by atomic mass is 9.82. The first-order valence-corrected chi connectivity index (χ1v) is 23.8. The first kappa shape index (κ1) is 48.2. The molecule has 6 nitrogen and oxygen atoms in total. The summed E-state index contributed by atoms with van der Waals surface area (Å²) in [7, 11) is 0. The molecule has 2 aromatic heterocycles. The van der Waals surface area contributed by atoms with Crippen LogP contribution in [0, 0.1) is 27.7 Å². The first-order chi connectivity index (χ1) is 31.9. The highest BCUT2D eigenvalue weighted by Gasteiger charge is 2.32. The summed E-state index contributed by atoms with van der Waals surface area (Å²) in [5.41, 5.74) is 12.4. The number of benzene rings is 6. The number of rotatable bonds is 18. The Morgan fingerprint density at radius 1 is 0.439 bits per heavy atom. The Kier molecular flexibility index (Phi) is 16.5. The summed E-state index contributed by atoms with van der Waals surface area (Å²) in [5, 5.41) is 25.1. The van der Waals surface area contributed by atoms with Gasteiger partial charge in [0.25, 0.3) is 0 Å². The van der Waals surface area contributed by atoms with Crippen molar-refractivity contribution in [1.82, 2.24) is 19.1 Å². The quantitative estimate of drug-likeness (QED) is 0.0899. The molecule has 0 atom stereocenters. The maximum absolute atomic E-state index is 12.0. The van der Waals surface area contributed by atoms with E-state index in [9.17, 15) is 10.2 Å². The lowest BCUT2D eigenvalue weighted by Gasteiger charge is -2.30. The molecule has 0 saturated carbocycles. The largest absolute Gasteiger partial charge is 0.390 e. The topological polar surface area (TPSA) is 76.1 Å². The zero-order valence-electron chi connectivity index (χ0n) is 38.7. The molecular formula is C58H62Cl2N4O2. The SMILES string of the molecule is Cc1cccc(C)c1CCC(O)(CCc1c(C)cccc1C)CCc1cncn1Cc1ccccc1.OC(CCc1cncn1Cc1ccccc1)(c1ccc(Cl)cc1)c1ccc(Cl)cc1. The minimum Gasteiger partial charge on any atom is -0.390 e. The Morgan fingerprint density at radius 2 is 0.803 bits per heavy atom. The highest BCUT2D eigenvalue weighted by Crippen LogP contribution is 2.36. The number of hydrogen-bond acceptors (Lipinski definition) is 4. The second kappa shape index (κ2) is 22.6. The zero-order chi connectivity index (χ0) is 46.5. The molecule has 0 fully saturated rings. The summed E-state index contributed by atoms with van der Waals surface area (Å²) in [4.78, 5) is 8.77. The molecule has 340 valence electrons. The van der Waals surface area contributed by atoms with E-state index in [-0.39, 0.29) is 0 Å². The van der Waals surface area contributed by atoms with Crippen molar-refractivity contribution in [2.45, 2.75) is 103 Å². The van der Waals surface area contributed by atoms with Gasteiger partial charge in [-0.1, -0.05) is 145 Å². The number of halogens is 2. The summed E-state index contributed by atoms with van der Waals surface area (Å²) in [6.07, 6.45) is 13.6. The predicted octanol–water partition coefficient (Wildman–Crippen LogP) is 13.2. The highest BCUT2D eigenvalue weighted by atomic mass is 35.5. The maximum atomic E-state index is 12.0. The van der Waals surface area contributed by atoms with E-state index in [4.69, 9.17) is 23.2 Å². The van der Waals surface area contributed by atoms with Crippen LogP contribution in [-0.2, 0) is 44.4 Å². The van der Waals surface area contributed by atoms with E-state index in [1.165, 1.54) is 50.2 Å². The summed E-state index contributed by atoms with van der Waals surface area (Å²) in [6, 6.07) is 48.4. The molecule has 0 aliphatic rings. The normalized spacial score (nSPS) is 11.6. The standard InChI is InChI=1S/C33H40N2O.C25H22Cl2N2O/c1-25-10-8-11-26(2)31(25)17-20-33(36,21-18-32-27(3)12-9-13-28(32)4)19-16-30-22-34-24-35(30)23-29-14-6-5-7-15-29;26-22-10-6-20(7-11-22)25(30,21-8-12-23(27)13-9-21)15-14-24-16-28-18-29(24)17-19-4-2-1-3-5-19/h5-15,22,24,36H,16-21,23H2,1-4H3;1-13,16,18,30H,14-15,17H2. The van der Waals surface area contributed by atoms with E-state index in [1.54, 1.807) is 24.3 Å². The van der Waals surface area contributed by atoms with E-state index < -0.39 is 11.2 Å². The fourth-order valence-corrected chi connectivity index (χ4v) is 9.36. The minimum absolute atomic E-state index is 0.497. The maximum Gasteiger partial charge on any atom is 0.115 e. The van der Waals surface area contributed by atoms with Crippen LogP contribution in [0.1, 0.15) is 92.7 Å². The molecule has 0 spiro atoms. The summed E-state index contributed by atoms with van der Waals surface area (Å²) >= 11 is 12.1. The molecule has 8 aromatic rings. The van der Waals surface area contributed by atoms with Crippen molar-refractivity contribution in [2.75, 3.05) is 0 Å². The van der Waals surface area contributed by atoms with Crippen molar-refractivity contribution in [1.29, 1.82) is 0 Å². The van der Waals surface area contributed by atoms with Crippen LogP contribution in [0.15, 0.2) is 171 Å². The fourth-order valence-electron chi connectivity index (χ4n) is 9.11. The van der Waals surface area contributed by atoms with Gasteiger partial charge < -0.3 is 19.3 Å². The molecule has 2 N–H and O–H groups in total. The third kappa shape index (κ3) is 12.8. The van der Waals surface area contributed by atoms with Crippen molar-refractivity contribution < 1.29 is 10.2 Å². The average Bonchev–Trinajstić information content (AvgIpc) is 3.97. The van der Waals surface area contributed by atoms with Crippen molar-refractivity contribution in [3.63, 3.8) is 0 Å². The molecule has 2 heterocycles. The third-order valence-corrected chi connectivity index (χ3v) is 13.7. The Bertz CT molecular complexity index is 2600. The van der Waals surface area contributed by atoms with Crippen molar-refractivity contribution in [2.24, 2.45) is 0 Å². The van der Waals surface area contributed by atoms with E-state index >= 15 is 0 Å². The van der Waals surface area contributed by atoms with Crippen molar-refractivity contribution in [3.8, 4) is 0 Å². The highest BCUT2D eigenvalue weighted by molar-refractivity contribution is 6.30. The van der Waals surface area contributed by atoms with Gasteiger partial charge in [0.1, 0.15) is 5.60 Å². The Balaban J connectivity index is 0.000000199. The monoisotopic (exact) mass is 916 g/mol. The van der Waals surface area contributed by atoms with Gasteiger partial charge >= 0.3 is 0 Å². The van der Waals surface area contributed by atoms with Crippen LogP contribution in [0.4, 0.5) is 0 Å². The zero-order valence-corrected chi connectivity index (χ0v) is 40.2. The van der Waals surface area contributed by atoms with E-state index in [0.29, 0.717) is 22.9 Å². The van der Waals surface area contributed by atoms with Gasteiger partial charge in [-0.2, -0.15) is 0 Å². The number of aliphatic hydroxyl groups is 2. The molecular weight excluding hydrogens is 856 g/mol. The van der Waals surface area contributed by atoms with Crippen LogP contribution in [-0.4, -0.2) is 34.9 Å². The second-order valence-corrected chi connectivity index (χ2v) is 18.7. The fraction of sp³-hybridized carbons (Fsp3) is 0.276. The van der Waals surface area contributed by atoms with E-state index in [1.807, 2.05) is 73.6 Å². The van der Waals surface area contributed by atoms with Crippen LogP contribution >= 0.6 is 23.2 Å². The Hall–Kier alpha value is -5.76. The first-order valence-electron chi connectivity index (χ1n) is 23.0. The molecule has 0 bridgehead atoms. The molecule has 66 heavy (non-hydrogen) atoms. The van der Waals surface area contributed by atoms with Crippen LogP contribution < -0.4 is 0 Å². The van der Waals surface area contributed by atoms with Gasteiger partial charge in [0, 0.05) is 46.9 Å². The number of imidazole rings is 2. The van der Waals surface area contributed by atoms with Crippen LogP contribution in [0.5, 0.6) is 0 Å². The number of aryl methyl sites for hydroxylation is 6. The summed E-state index contributed by atoms with van der Waals surface area (Å²) in [5.74, 6) is 0. The molecule has 0 aliphatic carbocycles. The molecule has 0 unspecified atom stereocenters. The molecule has 0 amide bonds. The molecule has 8 heteroatoms. The van der Waals surface area contributed by atoms with E-state index in [0.717, 1.165) is 68.4 Å². The number of aromatic nitrogens is 4. The molecule has 0 aliphatic heterocycles. The minimum atomic E-state index is -1.17. The van der Waals surface area contributed by atoms with Crippen LogP contribution in [0.25, 0.3) is 0 Å². The Morgan fingerprint density at radius 3 is 1.20 bits per heavy atom. The summed E-state index contributed by atoms with van der Waals surface area (Å²) < 4.78 is 4.34. The Labute approximate surface area is 401 Å². The van der Waals surface area contributed by atoms with Gasteiger partial charge in [-0.05, 0) is 159 Å². The lowest BCUT2D eigenvalue weighted by Crippen LogP contribution is -2.31. The smallest absolute Gasteiger partial charge is 0.115 e. The molecule has 8 rings (SSSR count). The van der Waals surface area contributed by atoms with Gasteiger partial charge in [0.2, 0.25) is 0 Å². The van der Waals surface area contributed by atoms with E-state index in [2.05, 4.69) is 120 Å². The summed E-state index contributed by atoms with van der Waals surface area (Å²) in [6.45, 7) is 10.3.